The summed E-state index contributed by atoms with van der Waals surface area (Å²) in [6.07, 6.45) is 1.02. The number of hydrogen-bond acceptors (Lipinski definition) is 3. The molecular formula is C14H30ClN3O. The first-order valence-corrected chi connectivity index (χ1v) is 7.14. The highest BCUT2D eigenvalue weighted by atomic mass is 35.5. The molecule has 1 heterocycles. The molecule has 1 saturated heterocycles. The third-order valence-corrected chi connectivity index (χ3v) is 3.19. The second-order valence-corrected chi connectivity index (χ2v) is 6.37. The van der Waals surface area contributed by atoms with E-state index in [1.54, 1.807) is 0 Å². The third kappa shape index (κ3) is 7.14. The Balaban J connectivity index is 0.00000324. The molecule has 0 saturated carbocycles. The van der Waals surface area contributed by atoms with Crippen molar-refractivity contribution in [3.05, 3.63) is 0 Å². The highest BCUT2D eigenvalue weighted by Crippen LogP contribution is 2.09. The Hall–Kier alpha value is -0.320. The van der Waals surface area contributed by atoms with Gasteiger partial charge in [0.25, 0.3) is 0 Å². The number of carbonyl (C=O) groups is 1. The summed E-state index contributed by atoms with van der Waals surface area (Å²) in [5, 5.41) is 0. The lowest BCUT2D eigenvalue weighted by Crippen LogP contribution is -2.43. The quantitative estimate of drug-likeness (QED) is 0.808. The minimum absolute atomic E-state index is 0. The molecule has 114 valence electrons. The number of hydrogen-bond donors (Lipinski definition) is 1. The van der Waals surface area contributed by atoms with Crippen molar-refractivity contribution in [2.45, 2.75) is 40.2 Å². The van der Waals surface area contributed by atoms with E-state index in [1.165, 1.54) is 0 Å². The predicted molar refractivity (Wildman–Crippen MR) is 82.5 cm³/mol. The minimum atomic E-state index is 0. The molecule has 0 aromatic heterocycles. The van der Waals surface area contributed by atoms with E-state index < -0.39 is 0 Å². The Labute approximate surface area is 124 Å². The smallest absolute Gasteiger partial charge is 0.236 e. The Bertz CT molecular complexity index is 261. The monoisotopic (exact) mass is 291 g/mol. The van der Waals surface area contributed by atoms with Crippen LogP contribution in [0, 0.1) is 11.8 Å². The predicted octanol–water partition coefficient (Wildman–Crippen LogP) is 1.58. The molecule has 19 heavy (non-hydrogen) atoms. The molecule has 0 bridgehead atoms. The standard InChI is InChI=1S/C14H29N3O.ClH/c1-11(2)7-17(8-12(3)4)14(18)10-16-6-5-13(15)9-16;/h11-13H,5-10,15H2,1-4H3;1H. The van der Waals surface area contributed by atoms with E-state index in [0.29, 0.717) is 18.4 Å². The van der Waals surface area contributed by atoms with Gasteiger partial charge >= 0.3 is 0 Å². The molecule has 1 aliphatic heterocycles. The lowest BCUT2D eigenvalue weighted by atomic mass is 10.1. The Morgan fingerprint density at radius 2 is 1.79 bits per heavy atom. The van der Waals surface area contributed by atoms with Crippen molar-refractivity contribution in [2.24, 2.45) is 17.6 Å². The van der Waals surface area contributed by atoms with E-state index in [2.05, 4.69) is 32.6 Å². The summed E-state index contributed by atoms with van der Waals surface area (Å²) in [5.41, 5.74) is 5.87. The van der Waals surface area contributed by atoms with E-state index in [0.717, 1.165) is 32.6 Å². The number of rotatable bonds is 6. The lowest BCUT2D eigenvalue weighted by molar-refractivity contribution is -0.133. The first-order chi connectivity index (χ1) is 8.38. The van der Waals surface area contributed by atoms with Gasteiger partial charge in [-0.1, -0.05) is 27.7 Å². The van der Waals surface area contributed by atoms with Crippen LogP contribution in [0.3, 0.4) is 0 Å². The van der Waals surface area contributed by atoms with Gasteiger partial charge in [-0.2, -0.15) is 0 Å². The van der Waals surface area contributed by atoms with Gasteiger partial charge in [-0.15, -0.1) is 12.4 Å². The van der Waals surface area contributed by atoms with Crippen molar-refractivity contribution in [3.8, 4) is 0 Å². The summed E-state index contributed by atoms with van der Waals surface area (Å²) < 4.78 is 0. The van der Waals surface area contributed by atoms with Crippen LogP contribution >= 0.6 is 12.4 Å². The third-order valence-electron chi connectivity index (χ3n) is 3.19. The van der Waals surface area contributed by atoms with Gasteiger partial charge in [-0.25, -0.2) is 0 Å². The molecule has 2 N–H and O–H groups in total. The second-order valence-electron chi connectivity index (χ2n) is 6.37. The zero-order chi connectivity index (χ0) is 13.7. The highest BCUT2D eigenvalue weighted by Gasteiger charge is 2.24. The topological polar surface area (TPSA) is 49.6 Å². The van der Waals surface area contributed by atoms with Crippen LogP contribution < -0.4 is 5.73 Å². The molecule has 0 aromatic rings. The zero-order valence-corrected chi connectivity index (χ0v) is 13.6. The number of carbonyl (C=O) groups excluding carboxylic acids is 1. The van der Waals surface area contributed by atoms with E-state index in [9.17, 15) is 4.79 Å². The molecule has 1 amide bonds. The maximum absolute atomic E-state index is 12.3. The van der Waals surface area contributed by atoms with Crippen LogP contribution in [0.5, 0.6) is 0 Å². The average Bonchev–Trinajstić information content (AvgIpc) is 2.61. The van der Waals surface area contributed by atoms with Gasteiger partial charge in [-0.05, 0) is 18.3 Å². The summed E-state index contributed by atoms with van der Waals surface area (Å²) >= 11 is 0. The number of likely N-dealkylation sites (tertiary alicyclic amines) is 1. The van der Waals surface area contributed by atoms with Crippen molar-refractivity contribution >= 4 is 18.3 Å². The van der Waals surface area contributed by atoms with Crippen LogP contribution in [-0.4, -0.2) is 54.5 Å². The van der Waals surface area contributed by atoms with Gasteiger partial charge in [0.15, 0.2) is 0 Å². The molecule has 1 unspecified atom stereocenters. The van der Waals surface area contributed by atoms with Gasteiger partial charge in [0, 0.05) is 32.2 Å². The fourth-order valence-corrected chi connectivity index (χ4v) is 2.46. The number of nitrogens with zero attached hydrogens (tertiary/aromatic N) is 2. The van der Waals surface area contributed by atoms with Gasteiger partial charge in [-0.3, -0.25) is 9.69 Å². The molecule has 0 aliphatic carbocycles. The maximum Gasteiger partial charge on any atom is 0.236 e. The van der Waals surface area contributed by atoms with Crippen molar-refractivity contribution in [1.82, 2.24) is 9.80 Å². The summed E-state index contributed by atoms with van der Waals surface area (Å²) in [6.45, 7) is 12.7. The van der Waals surface area contributed by atoms with Crippen molar-refractivity contribution in [3.63, 3.8) is 0 Å². The fourth-order valence-electron chi connectivity index (χ4n) is 2.46. The molecule has 0 aromatic carbocycles. The van der Waals surface area contributed by atoms with Gasteiger partial charge in [0.1, 0.15) is 0 Å². The summed E-state index contributed by atoms with van der Waals surface area (Å²) in [6, 6.07) is 0.251. The van der Waals surface area contributed by atoms with E-state index in [-0.39, 0.29) is 24.4 Å². The number of nitrogens with two attached hydrogens (primary N) is 1. The Morgan fingerprint density at radius 1 is 1.26 bits per heavy atom. The SMILES string of the molecule is CC(C)CN(CC(C)C)C(=O)CN1CCC(N)C1.Cl. The van der Waals surface area contributed by atoms with Crippen molar-refractivity contribution in [1.29, 1.82) is 0 Å². The number of halogens is 1. The summed E-state index contributed by atoms with van der Waals surface area (Å²) in [7, 11) is 0. The molecule has 1 aliphatic rings. The first-order valence-electron chi connectivity index (χ1n) is 7.14. The van der Waals surface area contributed by atoms with Crippen LogP contribution in [-0.2, 0) is 4.79 Å². The molecule has 0 spiro atoms. The molecular weight excluding hydrogens is 262 g/mol. The summed E-state index contributed by atoms with van der Waals surface area (Å²) in [4.78, 5) is 16.5. The van der Waals surface area contributed by atoms with E-state index in [1.807, 2.05) is 4.90 Å². The molecule has 5 heteroatoms. The largest absolute Gasteiger partial charge is 0.341 e. The lowest BCUT2D eigenvalue weighted by Gasteiger charge is -2.28. The highest BCUT2D eigenvalue weighted by molar-refractivity contribution is 5.85. The van der Waals surface area contributed by atoms with Crippen molar-refractivity contribution in [2.75, 3.05) is 32.7 Å². The van der Waals surface area contributed by atoms with Gasteiger partial charge in [0.05, 0.1) is 6.54 Å². The average molecular weight is 292 g/mol. The molecule has 1 atom stereocenters. The maximum atomic E-state index is 12.3. The van der Waals surface area contributed by atoms with Gasteiger partial charge in [0.2, 0.25) is 5.91 Å². The van der Waals surface area contributed by atoms with E-state index >= 15 is 0 Å². The van der Waals surface area contributed by atoms with Crippen molar-refractivity contribution < 1.29 is 4.79 Å². The fraction of sp³-hybridized carbons (Fsp3) is 0.929. The van der Waals surface area contributed by atoms with Crippen LogP contribution in [0.25, 0.3) is 0 Å². The van der Waals surface area contributed by atoms with Crippen LogP contribution in [0.1, 0.15) is 34.1 Å². The van der Waals surface area contributed by atoms with Crippen LogP contribution in [0.2, 0.25) is 0 Å². The first kappa shape index (κ1) is 18.7. The number of amides is 1. The zero-order valence-electron chi connectivity index (χ0n) is 12.8. The van der Waals surface area contributed by atoms with Crippen LogP contribution in [0.15, 0.2) is 0 Å². The Morgan fingerprint density at radius 3 is 2.16 bits per heavy atom. The van der Waals surface area contributed by atoms with E-state index in [4.69, 9.17) is 5.73 Å². The van der Waals surface area contributed by atoms with Crippen LogP contribution in [0.4, 0.5) is 0 Å². The minimum Gasteiger partial charge on any atom is -0.341 e. The molecule has 4 nitrogen and oxygen atoms in total. The Kier molecular flexibility index (Phi) is 8.62. The normalized spacial score (nSPS) is 19.8. The molecule has 1 fully saturated rings. The summed E-state index contributed by atoms with van der Waals surface area (Å²) in [5.74, 6) is 1.30. The molecule has 0 radical (unpaired) electrons. The molecule has 1 rings (SSSR count). The second kappa shape index (κ2) is 8.77. The van der Waals surface area contributed by atoms with Gasteiger partial charge < -0.3 is 10.6 Å².